The zero-order valence-electron chi connectivity index (χ0n) is 10.6. The van der Waals surface area contributed by atoms with Gasteiger partial charge in [-0.25, -0.2) is 4.98 Å². The zero-order valence-corrected chi connectivity index (χ0v) is 10.6. The molecule has 0 saturated carbocycles. The van der Waals surface area contributed by atoms with Crippen molar-refractivity contribution in [2.24, 2.45) is 0 Å². The third-order valence-corrected chi connectivity index (χ3v) is 3.18. The summed E-state index contributed by atoms with van der Waals surface area (Å²) < 4.78 is 5.39. The van der Waals surface area contributed by atoms with E-state index in [2.05, 4.69) is 10.3 Å². The fraction of sp³-hybridized carbons (Fsp3) is 0.667. The molecule has 1 saturated heterocycles. The molecule has 0 aromatic carbocycles. The van der Waals surface area contributed by atoms with Crippen LogP contribution in [0.2, 0.25) is 0 Å². The molecule has 1 N–H and O–H groups in total. The van der Waals surface area contributed by atoms with Gasteiger partial charge in [0.15, 0.2) is 5.89 Å². The smallest absolute Gasteiger partial charge is 0.291 e. The molecule has 1 aliphatic heterocycles. The average molecular weight is 237 g/mol. The van der Waals surface area contributed by atoms with Crippen LogP contribution in [0.15, 0.2) is 4.42 Å². The maximum Gasteiger partial charge on any atom is 0.291 e. The van der Waals surface area contributed by atoms with Crippen molar-refractivity contribution < 1.29 is 9.21 Å². The predicted molar refractivity (Wildman–Crippen MR) is 64.0 cm³/mol. The van der Waals surface area contributed by atoms with E-state index in [0.717, 1.165) is 25.9 Å². The van der Waals surface area contributed by atoms with Crippen LogP contribution >= 0.6 is 0 Å². The second-order valence-electron chi connectivity index (χ2n) is 4.50. The standard InChI is InChI=1S/C12H19N3O2/c1-8-11(17-9(2)14-8)12(16)15-6-4-5-10(15)7-13-3/h10,13H,4-7H2,1-3H3. The van der Waals surface area contributed by atoms with Crippen molar-refractivity contribution in [3.8, 4) is 0 Å². The summed E-state index contributed by atoms with van der Waals surface area (Å²) in [4.78, 5) is 18.4. The summed E-state index contributed by atoms with van der Waals surface area (Å²) in [6, 6.07) is 0.275. The van der Waals surface area contributed by atoms with Crippen LogP contribution in [0.25, 0.3) is 0 Å². The Labute approximate surface area is 101 Å². The summed E-state index contributed by atoms with van der Waals surface area (Å²) in [5.41, 5.74) is 0.683. The van der Waals surface area contributed by atoms with Crippen molar-refractivity contribution >= 4 is 5.91 Å². The summed E-state index contributed by atoms with van der Waals surface area (Å²) in [5.74, 6) is 0.918. The highest BCUT2D eigenvalue weighted by atomic mass is 16.4. The first-order chi connectivity index (χ1) is 8.13. The summed E-state index contributed by atoms with van der Waals surface area (Å²) in [6.45, 7) is 5.22. The monoisotopic (exact) mass is 237 g/mol. The lowest BCUT2D eigenvalue weighted by Gasteiger charge is -2.23. The van der Waals surface area contributed by atoms with Gasteiger partial charge in [0, 0.05) is 26.1 Å². The molecule has 1 atom stereocenters. The Morgan fingerprint density at radius 3 is 2.94 bits per heavy atom. The average Bonchev–Trinajstić information content (AvgIpc) is 2.85. The minimum absolute atomic E-state index is 0.0270. The molecule has 1 aromatic heterocycles. The molecule has 5 heteroatoms. The Balaban J connectivity index is 2.16. The first kappa shape index (κ1) is 12.1. The molecule has 1 aliphatic rings. The molecule has 17 heavy (non-hydrogen) atoms. The summed E-state index contributed by atoms with van der Waals surface area (Å²) in [7, 11) is 1.91. The number of nitrogens with zero attached hydrogens (tertiary/aromatic N) is 2. The van der Waals surface area contributed by atoms with Crippen LogP contribution in [0.4, 0.5) is 0 Å². The minimum atomic E-state index is -0.0270. The highest BCUT2D eigenvalue weighted by molar-refractivity contribution is 5.92. The van der Waals surface area contributed by atoms with Gasteiger partial charge in [-0.3, -0.25) is 4.79 Å². The number of hydrogen-bond acceptors (Lipinski definition) is 4. The Morgan fingerprint density at radius 1 is 1.59 bits per heavy atom. The Morgan fingerprint density at radius 2 is 2.35 bits per heavy atom. The van der Waals surface area contributed by atoms with Gasteiger partial charge in [-0.05, 0) is 26.8 Å². The van der Waals surface area contributed by atoms with Gasteiger partial charge in [0.25, 0.3) is 5.91 Å². The van der Waals surface area contributed by atoms with Crippen LogP contribution in [-0.4, -0.2) is 42.0 Å². The van der Waals surface area contributed by atoms with Crippen LogP contribution in [0.5, 0.6) is 0 Å². The second-order valence-corrected chi connectivity index (χ2v) is 4.50. The van der Waals surface area contributed by atoms with Gasteiger partial charge < -0.3 is 14.6 Å². The number of nitrogens with one attached hydrogen (secondary N) is 1. The summed E-state index contributed by atoms with van der Waals surface area (Å²) in [5, 5.41) is 3.13. The van der Waals surface area contributed by atoms with Crippen molar-refractivity contribution in [1.29, 1.82) is 0 Å². The fourth-order valence-electron chi connectivity index (χ4n) is 2.41. The van der Waals surface area contributed by atoms with Gasteiger partial charge in [0.2, 0.25) is 5.76 Å². The van der Waals surface area contributed by atoms with Gasteiger partial charge in [0.05, 0.1) is 5.69 Å². The van der Waals surface area contributed by atoms with Gasteiger partial charge in [0.1, 0.15) is 0 Å². The first-order valence-electron chi connectivity index (χ1n) is 6.03. The number of hydrogen-bond donors (Lipinski definition) is 1. The molecule has 5 nitrogen and oxygen atoms in total. The van der Waals surface area contributed by atoms with E-state index in [1.165, 1.54) is 0 Å². The van der Waals surface area contributed by atoms with E-state index in [4.69, 9.17) is 4.42 Å². The maximum atomic E-state index is 12.3. The number of oxazole rings is 1. The molecule has 0 spiro atoms. The molecular formula is C12H19N3O2. The first-order valence-corrected chi connectivity index (χ1v) is 6.03. The highest BCUT2D eigenvalue weighted by Gasteiger charge is 2.31. The number of rotatable bonds is 3. The van der Waals surface area contributed by atoms with E-state index in [1.54, 1.807) is 6.92 Å². The Hall–Kier alpha value is -1.36. The van der Waals surface area contributed by atoms with E-state index in [0.29, 0.717) is 17.3 Å². The molecule has 2 rings (SSSR count). The van der Waals surface area contributed by atoms with Crippen molar-refractivity contribution in [1.82, 2.24) is 15.2 Å². The molecule has 94 valence electrons. The number of aromatic nitrogens is 1. The number of likely N-dealkylation sites (tertiary alicyclic amines) is 1. The molecule has 0 aliphatic carbocycles. The number of aryl methyl sites for hydroxylation is 2. The normalized spacial score (nSPS) is 19.9. The molecular weight excluding hydrogens is 218 g/mol. The van der Waals surface area contributed by atoms with E-state index in [-0.39, 0.29) is 11.9 Å². The van der Waals surface area contributed by atoms with Gasteiger partial charge in [-0.2, -0.15) is 0 Å². The van der Waals surface area contributed by atoms with Gasteiger partial charge in [-0.1, -0.05) is 0 Å². The fourth-order valence-corrected chi connectivity index (χ4v) is 2.41. The SMILES string of the molecule is CNCC1CCCN1C(=O)c1oc(C)nc1C. The number of carbonyl (C=O) groups is 1. The summed E-state index contributed by atoms with van der Waals surface area (Å²) >= 11 is 0. The van der Waals surface area contributed by atoms with Gasteiger partial charge >= 0.3 is 0 Å². The second kappa shape index (κ2) is 4.87. The van der Waals surface area contributed by atoms with Crippen molar-refractivity contribution in [2.75, 3.05) is 20.1 Å². The number of likely N-dealkylation sites (N-methyl/N-ethyl adjacent to an activating group) is 1. The zero-order chi connectivity index (χ0) is 12.4. The minimum Gasteiger partial charge on any atom is -0.436 e. The molecule has 1 aromatic rings. The number of carbonyl (C=O) groups excluding carboxylic acids is 1. The van der Waals surface area contributed by atoms with Crippen molar-refractivity contribution in [3.05, 3.63) is 17.3 Å². The van der Waals surface area contributed by atoms with Crippen molar-refractivity contribution in [3.63, 3.8) is 0 Å². The maximum absolute atomic E-state index is 12.3. The van der Waals surface area contributed by atoms with Gasteiger partial charge in [-0.15, -0.1) is 0 Å². The van der Waals surface area contributed by atoms with Crippen LogP contribution in [0.3, 0.4) is 0 Å². The molecule has 1 unspecified atom stereocenters. The third kappa shape index (κ3) is 2.34. The molecule has 1 amide bonds. The van der Waals surface area contributed by atoms with Crippen molar-refractivity contribution in [2.45, 2.75) is 32.7 Å². The van der Waals surface area contributed by atoms with E-state index >= 15 is 0 Å². The summed E-state index contributed by atoms with van der Waals surface area (Å²) in [6.07, 6.45) is 2.11. The molecule has 2 heterocycles. The molecule has 0 bridgehead atoms. The lowest BCUT2D eigenvalue weighted by molar-refractivity contribution is 0.0702. The molecule has 1 fully saturated rings. The Kier molecular flexibility index (Phi) is 3.47. The quantitative estimate of drug-likeness (QED) is 0.855. The largest absolute Gasteiger partial charge is 0.436 e. The number of amides is 1. The lowest BCUT2D eigenvalue weighted by atomic mass is 10.2. The van der Waals surface area contributed by atoms with E-state index < -0.39 is 0 Å². The highest BCUT2D eigenvalue weighted by Crippen LogP contribution is 2.21. The molecule has 0 radical (unpaired) electrons. The lowest BCUT2D eigenvalue weighted by Crippen LogP contribution is -2.40. The van der Waals surface area contributed by atoms with Crippen LogP contribution < -0.4 is 5.32 Å². The van der Waals surface area contributed by atoms with E-state index in [9.17, 15) is 4.79 Å². The Bertz CT molecular complexity index is 414. The topological polar surface area (TPSA) is 58.4 Å². The predicted octanol–water partition coefficient (Wildman–Crippen LogP) is 1.12. The van der Waals surface area contributed by atoms with Crippen LogP contribution in [0.1, 0.15) is 35.0 Å². The van der Waals surface area contributed by atoms with Crippen LogP contribution in [0, 0.1) is 13.8 Å². The van der Waals surface area contributed by atoms with E-state index in [1.807, 2.05) is 18.9 Å². The van der Waals surface area contributed by atoms with Crippen LogP contribution in [-0.2, 0) is 0 Å². The third-order valence-electron chi connectivity index (χ3n) is 3.18.